The fourth-order valence-corrected chi connectivity index (χ4v) is 6.47. The summed E-state index contributed by atoms with van der Waals surface area (Å²) in [6, 6.07) is 5.57. The minimum atomic E-state index is 0.0354. The highest BCUT2D eigenvalue weighted by molar-refractivity contribution is 7.80. The Hall–Kier alpha value is -2.02. The lowest BCUT2D eigenvalue weighted by Crippen LogP contribution is -2.50. The number of nitrogens with one attached hydrogen (secondary N) is 3. The van der Waals surface area contributed by atoms with Crippen LogP contribution < -0.4 is 25.6 Å². The smallest absolute Gasteiger partial charge is 0.238 e. The van der Waals surface area contributed by atoms with Crippen molar-refractivity contribution in [3.63, 3.8) is 0 Å². The zero-order valence-electron chi connectivity index (χ0n) is 16.0. The van der Waals surface area contributed by atoms with Crippen molar-refractivity contribution in [3.8, 4) is 11.5 Å². The maximum Gasteiger partial charge on any atom is 0.238 e. The van der Waals surface area contributed by atoms with E-state index in [-0.39, 0.29) is 11.3 Å². The largest absolute Gasteiger partial charge is 0.486 e. The summed E-state index contributed by atoms with van der Waals surface area (Å²) in [5, 5.41) is 3.43. The van der Waals surface area contributed by atoms with E-state index in [9.17, 15) is 4.79 Å². The Morgan fingerprint density at radius 2 is 1.64 bits per heavy atom. The van der Waals surface area contributed by atoms with E-state index in [1.54, 1.807) is 0 Å². The van der Waals surface area contributed by atoms with Gasteiger partial charge in [0.15, 0.2) is 16.6 Å². The summed E-state index contributed by atoms with van der Waals surface area (Å²) < 4.78 is 11.1. The highest BCUT2D eigenvalue weighted by Gasteiger charge is 2.51. The number of hydrogen-bond acceptors (Lipinski definition) is 4. The van der Waals surface area contributed by atoms with Gasteiger partial charge in [0.25, 0.3) is 0 Å². The van der Waals surface area contributed by atoms with Gasteiger partial charge in [-0.2, -0.15) is 0 Å². The Morgan fingerprint density at radius 3 is 2.32 bits per heavy atom. The van der Waals surface area contributed by atoms with E-state index in [0.717, 1.165) is 29.2 Å². The predicted molar refractivity (Wildman–Crippen MR) is 110 cm³/mol. The highest BCUT2D eigenvalue weighted by atomic mass is 32.1. The first-order valence-electron chi connectivity index (χ1n) is 10.3. The molecular formula is C21H27N3O3S. The van der Waals surface area contributed by atoms with E-state index >= 15 is 0 Å². The second-order valence-electron chi connectivity index (χ2n) is 9.08. The molecule has 1 aromatic rings. The molecule has 4 aliphatic carbocycles. The Morgan fingerprint density at radius 1 is 1.00 bits per heavy atom. The van der Waals surface area contributed by atoms with Crippen molar-refractivity contribution in [2.75, 3.05) is 18.5 Å². The van der Waals surface area contributed by atoms with Gasteiger partial charge in [-0.15, -0.1) is 0 Å². The quantitative estimate of drug-likeness (QED) is 0.533. The second-order valence-corrected chi connectivity index (χ2v) is 9.49. The molecule has 1 amide bonds. The van der Waals surface area contributed by atoms with Crippen LogP contribution in [0.2, 0.25) is 0 Å². The van der Waals surface area contributed by atoms with E-state index in [4.69, 9.17) is 21.7 Å². The lowest BCUT2D eigenvalue weighted by Gasteiger charge is -2.56. The first-order valence-corrected chi connectivity index (χ1v) is 10.7. The maximum absolute atomic E-state index is 12.6. The number of anilines is 1. The number of benzene rings is 1. The van der Waals surface area contributed by atoms with Gasteiger partial charge in [-0.05, 0) is 86.0 Å². The van der Waals surface area contributed by atoms with Crippen molar-refractivity contribution in [3.05, 3.63) is 18.2 Å². The molecule has 0 aromatic heterocycles. The van der Waals surface area contributed by atoms with Crippen LogP contribution in [0.1, 0.15) is 44.9 Å². The molecule has 1 aliphatic heterocycles. The standard InChI is InChI=1S/C21H27N3O3S/c25-19(12-21-9-13-5-14(10-21)7-15(6-13)11-21)23-24-20(28)22-16-1-2-17-18(8-16)27-4-3-26-17/h1-2,8,13-15H,3-7,9-12H2,(H,23,25)(H2,22,24,28). The molecule has 1 aromatic carbocycles. The topological polar surface area (TPSA) is 71.6 Å². The molecule has 3 N–H and O–H groups in total. The maximum atomic E-state index is 12.6. The number of carbonyl (C=O) groups excluding carboxylic acids is 1. The third-order valence-electron chi connectivity index (χ3n) is 6.82. The summed E-state index contributed by atoms with van der Waals surface area (Å²) in [6.07, 6.45) is 8.47. The van der Waals surface area contributed by atoms with Crippen LogP contribution in [0.25, 0.3) is 0 Å². The van der Waals surface area contributed by atoms with E-state index in [1.807, 2.05) is 18.2 Å². The van der Waals surface area contributed by atoms with E-state index in [2.05, 4.69) is 16.2 Å². The van der Waals surface area contributed by atoms with Crippen LogP contribution in [0.15, 0.2) is 18.2 Å². The molecule has 28 heavy (non-hydrogen) atoms. The lowest BCUT2D eigenvalue weighted by molar-refractivity contribution is -0.129. The van der Waals surface area contributed by atoms with E-state index in [0.29, 0.717) is 30.5 Å². The Kier molecular flexibility index (Phi) is 4.57. The summed E-state index contributed by atoms with van der Waals surface area (Å²) in [5.74, 6) is 4.03. The number of hydrogen-bond donors (Lipinski definition) is 3. The first kappa shape index (κ1) is 18.0. The van der Waals surface area contributed by atoms with Crippen LogP contribution in [0.4, 0.5) is 5.69 Å². The average molecular weight is 402 g/mol. The van der Waals surface area contributed by atoms with Crippen LogP contribution in [-0.4, -0.2) is 24.2 Å². The fourth-order valence-electron chi connectivity index (χ4n) is 6.30. The normalized spacial score (nSPS) is 31.9. The van der Waals surface area contributed by atoms with Crippen molar-refractivity contribution in [1.82, 2.24) is 10.9 Å². The molecule has 6 nitrogen and oxygen atoms in total. The number of carbonyl (C=O) groups is 1. The van der Waals surface area contributed by atoms with Gasteiger partial charge < -0.3 is 14.8 Å². The number of thiocarbonyl (C=S) groups is 1. The molecular weight excluding hydrogens is 374 g/mol. The van der Waals surface area contributed by atoms with Crippen molar-refractivity contribution in [1.29, 1.82) is 0 Å². The van der Waals surface area contributed by atoms with Crippen molar-refractivity contribution >= 4 is 28.9 Å². The van der Waals surface area contributed by atoms with E-state index in [1.165, 1.54) is 38.5 Å². The van der Waals surface area contributed by atoms with Crippen LogP contribution >= 0.6 is 12.2 Å². The predicted octanol–water partition coefficient (Wildman–Crippen LogP) is 3.38. The van der Waals surface area contributed by atoms with Gasteiger partial charge >= 0.3 is 0 Å². The zero-order chi connectivity index (χ0) is 19.1. The van der Waals surface area contributed by atoms with Gasteiger partial charge in [0.2, 0.25) is 5.91 Å². The van der Waals surface area contributed by atoms with Gasteiger partial charge in [-0.3, -0.25) is 15.6 Å². The molecule has 7 heteroatoms. The van der Waals surface area contributed by atoms with Crippen LogP contribution in [0.3, 0.4) is 0 Å². The SMILES string of the molecule is O=C(CC12CC3CC(CC(C3)C1)C2)NNC(=S)Nc1ccc2c(c1)OCCO2. The van der Waals surface area contributed by atoms with Crippen LogP contribution in [0.5, 0.6) is 11.5 Å². The monoisotopic (exact) mass is 401 g/mol. The molecule has 0 radical (unpaired) electrons. The molecule has 1 heterocycles. The lowest BCUT2D eigenvalue weighted by atomic mass is 9.49. The molecule has 0 spiro atoms. The molecule has 150 valence electrons. The molecule has 4 saturated carbocycles. The van der Waals surface area contributed by atoms with Crippen molar-refractivity contribution in [2.24, 2.45) is 23.2 Å². The van der Waals surface area contributed by atoms with Crippen LogP contribution in [-0.2, 0) is 4.79 Å². The molecule has 0 atom stereocenters. The van der Waals surface area contributed by atoms with E-state index < -0.39 is 0 Å². The first-order chi connectivity index (χ1) is 13.6. The second kappa shape index (κ2) is 7.10. The minimum absolute atomic E-state index is 0.0354. The Labute approximate surface area is 170 Å². The molecule has 4 fully saturated rings. The number of rotatable bonds is 3. The van der Waals surface area contributed by atoms with Gasteiger partial charge in [-0.25, -0.2) is 0 Å². The van der Waals surface area contributed by atoms with Gasteiger partial charge in [0.05, 0.1) is 0 Å². The van der Waals surface area contributed by atoms with Crippen LogP contribution in [0, 0.1) is 23.2 Å². The molecule has 6 rings (SSSR count). The average Bonchev–Trinajstić information content (AvgIpc) is 2.65. The van der Waals surface area contributed by atoms with Crippen molar-refractivity contribution in [2.45, 2.75) is 44.9 Å². The minimum Gasteiger partial charge on any atom is -0.486 e. The van der Waals surface area contributed by atoms with Gasteiger partial charge in [-0.1, -0.05) is 0 Å². The summed E-state index contributed by atoms with van der Waals surface area (Å²) in [4.78, 5) is 12.6. The number of fused-ring (bicyclic) bond motifs is 1. The molecule has 4 bridgehead atoms. The summed E-state index contributed by atoms with van der Waals surface area (Å²) in [7, 11) is 0. The molecule has 0 unspecified atom stereocenters. The zero-order valence-corrected chi connectivity index (χ0v) is 16.8. The fraction of sp³-hybridized carbons (Fsp3) is 0.619. The summed E-state index contributed by atoms with van der Waals surface area (Å²) >= 11 is 5.32. The highest BCUT2D eigenvalue weighted by Crippen LogP contribution is 2.61. The molecule has 0 saturated heterocycles. The summed E-state index contributed by atoms with van der Waals surface area (Å²) in [5.41, 5.74) is 6.65. The third kappa shape index (κ3) is 3.64. The number of amides is 1. The summed E-state index contributed by atoms with van der Waals surface area (Å²) in [6.45, 7) is 1.11. The Bertz CT molecular complexity index is 762. The Balaban J connectivity index is 1.12. The van der Waals surface area contributed by atoms with Gasteiger partial charge in [0.1, 0.15) is 13.2 Å². The number of ether oxygens (including phenoxy) is 2. The van der Waals surface area contributed by atoms with Gasteiger partial charge in [0, 0.05) is 18.2 Å². The van der Waals surface area contributed by atoms with Crippen molar-refractivity contribution < 1.29 is 14.3 Å². The molecule has 5 aliphatic rings. The number of hydrazine groups is 1. The third-order valence-corrected chi connectivity index (χ3v) is 7.02.